The highest BCUT2D eigenvalue weighted by Crippen LogP contribution is 2.17. The van der Waals surface area contributed by atoms with Crippen LogP contribution in [0.2, 0.25) is 0 Å². The lowest BCUT2D eigenvalue weighted by Crippen LogP contribution is -2.49. The number of amides is 1. The van der Waals surface area contributed by atoms with Crippen molar-refractivity contribution in [2.75, 3.05) is 32.8 Å². The largest absolute Gasteiger partial charge is 0.381 e. The van der Waals surface area contributed by atoms with Crippen LogP contribution in [0.3, 0.4) is 0 Å². The molecule has 1 saturated heterocycles. The molecule has 0 spiro atoms. The Labute approximate surface area is 153 Å². The van der Waals surface area contributed by atoms with Crippen LogP contribution in [-0.2, 0) is 9.53 Å². The first-order valence-corrected chi connectivity index (χ1v) is 8.44. The predicted molar refractivity (Wildman–Crippen MR) is 101 cm³/mol. The maximum atomic E-state index is 12.2. The van der Waals surface area contributed by atoms with Crippen molar-refractivity contribution in [2.45, 2.75) is 58.5 Å². The topological polar surface area (TPSA) is 67.6 Å². The molecule has 0 radical (unpaired) electrons. The fraction of sp³-hybridized carbons (Fsp3) is 0.938. The summed E-state index contributed by atoms with van der Waals surface area (Å²) in [5.41, 5.74) is 6.08. The number of carbonyl (C=O) groups excluding carboxylic acids is 1. The summed E-state index contributed by atoms with van der Waals surface area (Å²) in [6, 6.07) is -0.196. The maximum Gasteiger partial charge on any atom is 0.237 e. The van der Waals surface area contributed by atoms with E-state index in [4.69, 9.17) is 10.5 Å². The van der Waals surface area contributed by atoms with Crippen LogP contribution in [0.15, 0.2) is 0 Å². The molecule has 7 heteroatoms. The van der Waals surface area contributed by atoms with E-state index in [1.165, 1.54) is 0 Å². The summed E-state index contributed by atoms with van der Waals surface area (Å²) < 4.78 is 5.32. The summed E-state index contributed by atoms with van der Waals surface area (Å²) in [5, 5.41) is 3.06. The van der Waals surface area contributed by atoms with Gasteiger partial charge in [-0.2, -0.15) is 0 Å². The van der Waals surface area contributed by atoms with E-state index in [0.717, 1.165) is 58.5 Å². The third-order valence-corrected chi connectivity index (χ3v) is 4.47. The molecular weight excluding hydrogens is 337 g/mol. The number of hydrogen-bond donors (Lipinski definition) is 2. The fourth-order valence-corrected chi connectivity index (χ4v) is 2.86. The highest BCUT2D eigenvalue weighted by atomic mass is 35.5. The Morgan fingerprint density at radius 1 is 1.26 bits per heavy atom. The zero-order valence-electron chi connectivity index (χ0n) is 14.8. The lowest BCUT2D eigenvalue weighted by Gasteiger charge is -2.28. The van der Waals surface area contributed by atoms with Crippen LogP contribution in [0.1, 0.15) is 46.5 Å². The van der Waals surface area contributed by atoms with E-state index in [9.17, 15) is 4.79 Å². The average Bonchev–Trinajstić information content (AvgIpc) is 2.51. The van der Waals surface area contributed by atoms with E-state index in [-0.39, 0.29) is 48.7 Å². The summed E-state index contributed by atoms with van der Waals surface area (Å²) in [5.74, 6) is 0.263. The highest BCUT2D eigenvalue weighted by Gasteiger charge is 2.27. The first-order chi connectivity index (χ1) is 10.1. The molecule has 0 aliphatic carbocycles. The minimum absolute atomic E-state index is 0. The number of nitrogens with two attached hydrogens (primary N) is 1. The molecule has 23 heavy (non-hydrogen) atoms. The van der Waals surface area contributed by atoms with Gasteiger partial charge >= 0.3 is 0 Å². The second-order valence-corrected chi connectivity index (χ2v) is 6.05. The van der Waals surface area contributed by atoms with Crippen LogP contribution >= 0.6 is 24.8 Å². The van der Waals surface area contributed by atoms with Gasteiger partial charge in [-0.25, -0.2) is 0 Å². The zero-order valence-corrected chi connectivity index (χ0v) is 16.4. The van der Waals surface area contributed by atoms with Gasteiger partial charge in [0.15, 0.2) is 0 Å². The van der Waals surface area contributed by atoms with Gasteiger partial charge in [0, 0.05) is 19.3 Å². The van der Waals surface area contributed by atoms with Gasteiger partial charge in [-0.3, -0.25) is 4.79 Å². The molecular formula is C16H35Cl2N3O2. The Morgan fingerprint density at radius 2 is 1.83 bits per heavy atom. The molecule has 1 aliphatic heterocycles. The highest BCUT2D eigenvalue weighted by molar-refractivity contribution is 5.85. The van der Waals surface area contributed by atoms with Gasteiger partial charge in [0.05, 0.1) is 6.04 Å². The van der Waals surface area contributed by atoms with E-state index in [1.807, 2.05) is 0 Å². The second-order valence-electron chi connectivity index (χ2n) is 6.05. The molecule has 5 nitrogen and oxygen atoms in total. The van der Waals surface area contributed by atoms with Crippen LogP contribution in [-0.4, -0.2) is 55.7 Å². The second kappa shape index (κ2) is 14.3. The molecule has 3 N–H and O–H groups in total. The average molecular weight is 372 g/mol. The number of ether oxygens (including phenoxy) is 1. The Bertz CT molecular complexity index is 299. The summed E-state index contributed by atoms with van der Waals surface area (Å²) in [7, 11) is 0. The minimum Gasteiger partial charge on any atom is -0.381 e. The van der Waals surface area contributed by atoms with E-state index in [0.29, 0.717) is 0 Å². The van der Waals surface area contributed by atoms with Crippen LogP contribution in [0.25, 0.3) is 0 Å². The Balaban J connectivity index is 0. The van der Waals surface area contributed by atoms with E-state index in [1.54, 1.807) is 0 Å². The smallest absolute Gasteiger partial charge is 0.237 e. The lowest BCUT2D eigenvalue weighted by atomic mass is 9.91. The normalized spacial score (nSPS) is 17.8. The molecule has 1 heterocycles. The number of nitrogens with one attached hydrogen (secondary N) is 1. The molecule has 1 aliphatic rings. The quantitative estimate of drug-likeness (QED) is 0.651. The Kier molecular flexibility index (Phi) is 15.6. The Morgan fingerprint density at radius 3 is 2.35 bits per heavy atom. The summed E-state index contributed by atoms with van der Waals surface area (Å²) in [6.07, 6.45) is 3.90. The SMILES string of the molecule is CCN(CC)CCCC(C)NC(=O)C(N)C1CCOCC1.Cl.Cl. The van der Waals surface area contributed by atoms with Crippen molar-refractivity contribution in [3.63, 3.8) is 0 Å². The van der Waals surface area contributed by atoms with Crippen LogP contribution in [0, 0.1) is 5.92 Å². The van der Waals surface area contributed by atoms with Gasteiger partial charge in [0.25, 0.3) is 0 Å². The summed E-state index contributed by atoms with van der Waals surface area (Å²) in [6.45, 7) is 11.2. The number of hydrogen-bond acceptors (Lipinski definition) is 4. The molecule has 1 rings (SSSR count). The lowest BCUT2D eigenvalue weighted by molar-refractivity contribution is -0.125. The third-order valence-electron chi connectivity index (χ3n) is 4.47. The Hall–Kier alpha value is -0.0700. The molecule has 0 aromatic carbocycles. The van der Waals surface area contributed by atoms with Crippen molar-refractivity contribution < 1.29 is 9.53 Å². The van der Waals surface area contributed by atoms with Gasteiger partial charge in [-0.15, -0.1) is 24.8 Å². The van der Waals surface area contributed by atoms with Crippen molar-refractivity contribution in [3.8, 4) is 0 Å². The van der Waals surface area contributed by atoms with E-state index >= 15 is 0 Å². The molecule has 0 saturated carbocycles. The fourth-order valence-electron chi connectivity index (χ4n) is 2.86. The van der Waals surface area contributed by atoms with Crippen LogP contribution in [0.5, 0.6) is 0 Å². The standard InChI is InChI=1S/C16H33N3O2.2ClH/c1-4-19(5-2)10-6-7-13(3)18-16(20)15(17)14-8-11-21-12-9-14;;/h13-15H,4-12,17H2,1-3H3,(H,18,20);2*1H. The zero-order chi connectivity index (χ0) is 15.7. The predicted octanol–water partition coefficient (Wildman–Crippen LogP) is 2.21. The van der Waals surface area contributed by atoms with Crippen molar-refractivity contribution in [3.05, 3.63) is 0 Å². The van der Waals surface area contributed by atoms with Crippen molar-refractivity contribution in [1.82, 2.24) is 10.2 Å². The molecule has 1 fully saturated rings. The van der Waals surface area contributed by atoms with Crippen molar-refractivity contribution >= 4 is 30.7 Å². The number of nitrogens with zero attached hydrogens (tertiary/aromatic N) is 1. The number of rotatable bonds is 9. The monoisotopic (exact) mass is 371 g/mol. The van der Waals surface area contributed by atoms with Crippen LogP contribution < -0.4 is 11.1 Å². The molecule has 2 unspecified atom stereocenters. The van der Waals surface area contributed by atoms with E-state index < -0.39 is 0 Å². The summed E-state index contributed by atoms with van der Waals surface area (Å²) >= 11 is 0. The van der Waals surface area contributed by atoms with Crippen molar-refractivity contribution in [2.24, 2.45) is 11.7 Å². The third kappa shape index (κ3) is 9.72. The molecule has 0 aromatic heterocycles. The van der Waals surface area contributed by atoms with Gasteiger partial charge in [0.1, 0.15) is 0 Å². The molecule has 0 aromatic rings. The minimum atomic E-state index is -0.390. The summed E-state index contributed by atoms with van der Waals surface area (Å²) in [4.78, 5) is 14.6. The van der Waals surface area contributed by atoms with Crippen LogP contribution in [0.4, 0.5) is 0 Å². The van der Waals surface area contributed by atoms with E-state index in [2.05, 4.69) is 31.0 Å². The first kappa shape index (κ1) is 25.2. The van der Waals surface area contributed by atoms with Gasteiger partial charge in [-0.05, 0) is 58.2 Å². The maximum absolute atomic E-state index is 12.2. The van der Waals surface area contributed by atoms with Gasteiger partial charge < -0.3 is 20.7 Å². The number of carbonyl (C=O) groups is 1. The van der Waals surface area contributed by atoms with Crippen molar-refractivity contribution in [1.29, 1.82) is 0 Å². The van der Waals surface area contributed by atoms with Gasteiger partial charge in [-0.1, -0.05) is 13.8 Å². The molecule has 2 atom stereocenters. The first-order valence-electron chi connectivity index (χ1n) is 8.44. The van der Waals surface area contributed by atoms with Gasteiger partial charge in [0.2, 0.25) is 5.91 Å². The molecule has 1 amide bonds. The molecule has 140 valence electrons. The number of halogens is 2. The molecule has 0 bridgehead atoms.